The van der Waals surface area contributed by atoms with Crippen LogP contribution in [-0.2, 0) is 10.0 Å². The summed E-state index contributed by atoms with van der Waals surface area (Å²) in [5, 5.41) is 10.4. The molecule has 0 bridgehead atoms. The molecule has 0 saturated heterocycles. The number of halogens is 1. The van der Waals surface area contributed by atoms with E-state index in [-0.39, 0.29) is 5.75 Å². The quantitative estimate of drug-likeness (QED) is 0.905. The van der Waals surface area contributed by atoms with Gasteiger partial charge in [-0.3, -0.25) is 0 Å². The van der Waals surface area contributed by atoms with E-state index < -0.39 is 21.5 Å². The second-order valence-corrected chi connectivity index (χ2v) is 8.01. The summed E-state index contributed by atoms with van der Waals surface area (Å²) < 4.78 is 32.6. The van der Waals surface area contributed by atoms with E-state index in [2.05, 4.69) is 10.8 Å². The van der Waals surface area contributed by atoms with Gasteiger partial charge in [0.1, 0.15) is 11.3 Å². The van der Waals surface area contributed by atoms with Crippen molar-refractivity contribution in [2.45, 2.75) is 25.8 Å². The van der Waals surface area contributed by atoms with Crippen molar-refractivity contribution in [1.29, 1.82) is 5.26 Å². The van der Waals surface area contributed by atoms with Gasteiger partial charge in [-0.15, -0.1) is 0 Å². The Labute approximate surface area is 133 Å². The van der Waals surface area contributed by atoms with Crippen molar-refractivity contribution in [2.24, 2.45) is 5.41 Å². The number of fused-ring (bicyclic) bond motifs is 1. The van der Waals surface area contributed by atoms with E-state index in [9.17, 15) is 8.42 Å². The SMILES string of the molecule is C[C@H](NS(=O)(=O)CC1(C#N)CC1)c1cc2cc(Cl)ccc2o1. The van der Waals surface area contributed by atoms with Gasteiger partial charge in [-0.1, -0.05) is 11.6 Å². The largest absolute Gasteiger partial charge is 0.459 e. The number of rotatable bonds is 5. The number of hydrogen-bond acceptors (Lipinski definition) is 4. The predicted molar refractivity (Wildman–Crippen MR) is 83.8 cm³/mol. The number of hydrogen-bond donors (Lipinski definition) is 1. The summed E-state index contributed by atoms with van der Waals surface area (Å²) in [4.78, 5) is 0. The van der Waals surface area contributed by atoms with Gasteiger partial charge < -0.3 is 4.42 Å². The maximum absolute atomic E-state index is 12.2. The Kier molecular flexibility index (Phi) is 3.68. The van der Waals surface area contributed by atoms with Crippen molar-refractivity contribution in [3.8, 4) is 6.07 Å². The van der Waals surface area contributed by atoms with Gasteiger partial charge in [-0.05, 0) is 44.0 Å². The van der Waals surface area contributed by atoms with E-state index in [1.54, 1.807) is 31.2 Å². The third-order valence-electron chi connectivity index (χ3n) is 3.84. The smallest absolute Gasteiger partial charge is 0.213 e. The molecule has 0 unspecified atom stereocenters. The van der Waals surface area contributed by atoms with Gasteiger partial charge in [-0.2, -0.15) is 5.26 Å². The first-order valence-corrected chi connectivity index (χ1v) is 8.96. The third-order valence-corrected chi connectivity index (χ3v) is 5.72. The second kappa shape index (κ2) is 5.27. The minimum atomic E-state index is -3.54. The van der Waals surface area contributed by atoms with E-state index >= 15 is 0 Å². The van der Waals surface area contributed by atoms with Gasteiger partial charge in [0.05, 0.1) is 23.3 Å². The van der Waals surface area contributed by atoms with Crippen LogP contribution in [0.1, 0.15) is 31.6 Å². The van der Waals surface area contributed by atoms with Gasteiger partial charge >= 0.3 is 0 Å². The number of benzene rings is 1. The van der Waals surface area contributed by atoms with Crippen molar-refractivity contribution in [1.82, 2.24) is 4.72 Å². The molecule has 0 aliphatic heterocycles. The molecule has 1 N–H and O–H groups in total. The molecule has 2 aromatic rings. The van der Waals surface area contributed by atoms with Crippen molar-refractivity contribution >= 4 is 32.6 Å². The first kappa shape index (κ1) is 15.3. The fourth-order valence-corrected chi connectivity index (χ4v) is 4.42. The van der Waals surface area contributed by atoms with Crippen LogP contribution in [-0.4, -0.2) is 14.2 Å². The zero-order valence-electron chi connectivity index (χ0n) is 12.0. The molecule has 3 rings (SSSR count). The first-order chi connectivity index (χ1) is 10.3. The van der Waals surface area contributed by atoms with Gasteiger partial charge in [0, 0.05) is 10.4 Å². The molecular formula is C15H15ClN2O3S. The lowest BCUT2D eigenvalue weighted by molar-refractivity contribution is 0.482. The van der Waals surface area contributed by atoms with Crippen LogP contribution in [0.4, 0.5) is 0 Å². The highest BCUT2D eigenvalue weighted by molar-refractivity contribution is 7.89. The maximum atomic E-state index is 12.2. The fourth-order valence-electron chi connectivity index (χ4n) is 2.42. The van der Waals surface area contributed by atoms with Crippen LogP contribution in [0.3, 0.4) is 0 Å². The molecule has 22 heavy (non-hydrogen) atoms. The molecule has 0 amide bonds. The number of nitrogens with one attached hydrogen (secondary N) is 1. The van der Waals surface area contributed by atoms with Crippen LogP contribution in [0.15, 0.2) is 28.7 Å². The molecule has 1 aromatic heterocycles. The highest BCUT2D eigenvalue weighted by atomic mass is 35.5. The van der Waals surface area contributed by atoms with E-state index in [1.807, 2.05) is 0 Å². The molecular weight excluding hydrogens is 324 g/mol. The molecule has 1 fully saturated rings. The number of furan rings is 1. The first-order valence-electron chi connectivity index (χ1n) is 6.93. The third kappa shape index (κ3) is 3.12. The van der Waals surface area contributed by atoms with E-state index in [0.717, 1.165) is 5.39 Å². The van der Waals surface area contributed by atoms with Crippen molar-refractivity contribution in [3.05, 3.63) is 35.0 Å². The van der Waals surface area contributed by atoms with E-state index in [1.165, 1.54) is 0 Å². The molecule has 1 atom stereocenters. The minimum absolute atomic E-state index is 0.160. The van der Waals surface area contributed by atoms with Crippen LogP contribution in [0.25, 0.3) is 11.0 Å². The fraction of sp³-hybridized carbons (Fsp3) is 0.400. The average molecular weight is 339 g/mol. The summed E-state index contributed by atoms with van der Waals surface area (Å²) in [7, 11) is -3.54. The zero-order chi connectivity index (χ0) is 16.0. The van der Waals surface area contributed by atoms with Gasteiger partial charge in [0.15, 0.2) is 0 Å². The average Bonchev–Trinajstić information content (AvgIpc) is 3.06. The lowest BCUT2D eigenvalue weighted by atomic mass is 10.2. The van der Waals surface area contributed by atoms with Gasteiger partial charge in [0.2, 0.25) is 10.0 Å². The zero-order valence-corrected chi connectivity index (χ0v) is 13.5. The predicted octanol–water partition coefficient (Wildman–Crippen LogP) is 3.37. The Morgan fingerprint density at radius 3 is 2.82 bits per heavy atom. The van der Waals surface area contributed by atoms with Crippen LogP contribution >= 0.6 is 11.6 Å². The normalized spacial score (nSPS) is 18.0. The molecule has 1 saturated carbocycles. The van der Waals surface area contributed by atoms with Crippen LogP contribution < -0.4 is 4.72 Å². The Hall–Kier alpha value is -1.55. The topological polar surface area (TPSA) is 83.1 Å². The maximum Gasteiger partial charge on any atom is 0.213 e. The van der Waals surface area contributed by atoms with Crippen molar-refractivity contribution < 1.29 is 12.8 Å². The van der Waals surface area contributed by atoms with Crippen LogP contribution in [0.2, 0.25) is 5.02 Å². The summed E-state index contributed by atoms with van der Waals surface area (Å²) in [6.45, 7) is 1.71. The second-order valence-electron chi connectivity index (χ2n) is 5.82. The van der Waals surface area contributed by atoms with Crippen molar-refractivity contribution in [3.63, 3.8) is 0 Å². The molecule has 7 heteroatoms. The Morgan fingerprint density at radius 1 is 1.45 bits per heavy atom. The lowest BCUT2D eigenvalue weighted by Gasteiger charge is -2.13. The van der Waals surface area contributed by atoms with Gasteiger partial charge in [0.25, 0.3) is 0 Å². The Balaban J connectivity index is 1.78. The molecule has 1 aliphatic rings. The number of nitriles is 1. The summed E-state index contributed by atoms with van der Waals surface area (Å²) in [6, 6.07) is 8.58. The number of nitrogens with zero attached hydrogens (tertiary/aromatic N) is 1. The highest BCUT2D eigenvalue weighted by Gasteiger charge is 2.47. The monoisotopic (exact) mass is 338 g/mol. The summed E-state index contributed by atoms with van der Waals surface area (Å²) in [6.07, 6.45) is 1.28. The Morgan fingerprint density at radius 2 is 2.18 bits per heavy atom. The van der Waals surface area contributed by atoms with E-state index in [0.29, 0.717) is 29.2 Å². The molecule has 0 spiro atoms. The molecule has 1 aliphatic carbocycles. The van der Waals surface area contributed by atoms with Crippen LogP contribution in [0, 0.1) is 16.7 Å². The molecule has 0 radical (unpaired) electrons. The van der Waals surface area contributed by atoms with E-state index in [4.69, 9.17) is 21.3 Å². The van der Waals surface area contributed by atoms with Gasteiger partial charge in [-0.25, -0.2) is 13.1 Å². The summed E-state index contributed by atoms with van der Waals surface area (Å²) in [5.41, 5.74) is -0.0476. The van der Waals surface area contributed by atoms with Crippen molar-refractivity contribution in [2.75, 3.05) is 5.75 Å². The highest BCUT2D eigenvalue weighted by Crippen LogP contribution is 2.45. The molecule has 1 heterocycles. The number of sulfonamides is 1. The lowest BCUT2D eigenvalue weighted by Crippen LogP contribution is -2.32. The van der Waals surface area contributed by atoms with Crippen LogP contribution in [0.5, 0.6) is 0 Å². The standard InChI is InChI=1S/C15H15ClN2O3S/c1-10(18-22(19,20)9-15(8-17)4-5-15)14-7-11-6-12(16)2-3-13(11)21-14/h2-3,6-7,10,18H,4-5,9H2,1H3/t10-/m0/s1. The summed E-state index contributed by atoms with van der Waals surface area (Å²) >= 11 is 5.93. The summed E-state index contributed by atoms with van der Waals surface area (Å²) in [5.74, 6) is 0.357. The Bertz CT molecular complexity index is 863. The molecule has 5 nitrogen and oxygen atoms in total. The molecule has 116 valence electrons. The minimum Gasteiger partial charge on any atom is -0.459 e. The molecule has 1 aromatic carbocycles.